The largest absolute Gasteiger partial charge is 2.00 e. The Morgan fingerprint density at radius 3 is 1.20 bits per heavy atom. The van der Waals surface area contributed by atoms with E-state index in [2.05, 4.69) is 0 Å². The smallest absolute Gasteiger partial charge is 0.652 e. The first-order chi connectivity index (χ1) is 3.46. The van der Waals surface area contributed by atoms with E-state index in [1.807, 2.05) is 0 Å². The molecule has 0 aromatic carbocycles. The molecule has 0 atom stereocenters. The molecule has 0 spiro atoms. The summed E-state index contributed by atoms with van der Waals surface area (Å²) in [6.45, 7) is 0. The predicted molar refractivity (Wildman–Crippen MR) is 21.5 cm³/mol. The van der Waals surface area contributed by atoms with Gasteiger partial charge in [0.1, 0.15) is 0 Å². The van der Waals surface area contributed by atoms with Crippen molar-refractivity contribution in [3.63, 3.8) is 0 Å². The zero-order chi connectivity index (χ0) is 7.15. The fraction of sp³-hybridized carbons (Fsp3) is 0. The van der Waals surface area contributed by atoms with Crippen LogP contribution in [0.1, 0.15) is 0 Å². The molecule has 0 saturated carbocycles. The van der Waals surface area contributed by atoms with E-state index in [0.29, 0.717) is 0 Å². The minimum Gasteiger partial charge on any atom is -0.652 e. The third kappa shape index (κ3) is 979. The van der Waals surface area contributed by atoms with E-state index >= 15 is 0 Å². The topological polar surface area (TPSA) is 129 Å². The number of rotatable bonds is 0. The number of nitrogens with zero attached hydrogens (tertiary/aromatic N) is 1. The van der Waals surface area contributed by atoms with Crippen LogP contribution in [-0.4, -0.2) is 49.0 Å². The first-order valence-corrected chi connectivity index (χ1v) is 1.16. The van der Waals surface area contributed by atoms with Gasteiger partial charge in [-0.15, -0.1) is 0 Å². The fourth-order valence-electron chi connectivity index (χ4n) is 0. The summed E-state index contributed by atoms with van der Waals surface area (Å²) in [5.41, 5.74) is 0. The second kappa shape index (κ2) is 16.4. The Morgan fingerprint density at radius 1 is 1.20 bits per heavy atom. The number of hydrogen-bond donors (Lipinski definition) is 0. The molecule has 0 unspecified atom stereocenters. The van der Waals surface area contributed by atoms with E-state index in [-0.39, 0.29) is 67.3 Å². The van der Waals surface area contributed by atoms with Crippen molar-refractivity contribution in [1.29, 1.82) is 0 Å². The molecule has 0 saturated heterocycles. The minimum absolute atomic E-state index is 0. The summed E-state index contributed by atoms with van der Waals surface area (Å²) < 4.78 is 0. The molecule has 0 aliphatic rings. The van der Waals surface area contributed by atoms with E-state index in [9.17, 15) is 0 Å². The second-order valence-electron chi connectivity index (χ2n) is 0.474. The third-order valence-electron chi connectivity index (χ3n) is 0. The van der Waals surface area contributed by atoms with E-state index in [4.69, 9.17) is 30.3 Å². The van der Waals surface area contributed by atoms with Crippen molar-refractivity contribution in [1.82, 2.24) is 0 Å². The SMILES string of the molecule is O=C([O-])[O-].O=[N+]([O-])[O-].[Ca+2].[Na+]. The quantitative estimate of drug-likeness (QED) is 0.210. The van der Waals surface area contributed by atoms with Crippen LogP contribution in [0.5, 0.6) is 0 Å². The van der Waals surface area contributed by atoms with Gasteiger partial charge in [0.15, 0.2) is 0 Å². The fourth-order valence-corrected chi connectivity index (χ4v) is 0. The van der Waals surface area contributed by atoms with Crippen molar-refractivity contribution in [2.45, 2.75) is 0 Å². The van der Waals surface area contributed by atoms with Gasteiger partial charge in [0, 0.05) is 0 Å². The normalized spacial score (nSPS) is 4.80. The van der Waals surface area contributed by atoms with E-state index in [0.717, 1.165) is 0 Å². The molecule has 0 radical (unpaired) electrons. The molecular weight excluding hydrogens is 185 g/mol. The molecule has 9 heteroatoms. The summed E-state index contributed by atoms with van der Waals surface area (Å²) in [5, 5.41) is 31.4. The molecule has 0 fully saturated rings. The van der Waals surface area contributed by atoms with Crippen molar-refractivity contribution < 1.29 is 49.7 Å². The molecule has 48 valence electrons. The van der Waals surface area contributed by atoms with Crippen LogP contribution in [0.3, 0.4) is 0 Å². The summed E-state index contributed by atoms with van der Waals surface area (Å²) in [5.74, 6) is 0. The first-order valence-electron chi connectivity index (χ1n) is 1.16. The molecule has 0 amide bonds. The van der Waals surface area contributed by atoms with Crippen LogP contribution in [0, 0.1) is 15.3 Å². The Kier molecular flexibility index (Phi) is 36.7. The molecule has 0 rings (SSSR count). The molecule has 0 bridgehead atoms. The van der Waals surface area contributed by atoms with Crippen LogP contribution in [-0.2, 0) is 0 Å². The number of carbonyl (C=O) groups is 1. The van der Waals surface area contributed by atoms with Gasteiger partial charge >= 0.3 is 67.3 Å². The van der Waals surface area contributed by atoms with Crippen molar-refractivity contribution in [3.05, 3.63) is 15.3 Å². The summed E-state index contributed by atoms with van der Waals surface area (Å²) in [7, 11) is 0. The van der Waals surface area contributed by atoms with Crippen molar-refractivity contribution in [2.75, 3.05) is 0 Å². The minimum atomic E-state index is -2.33. The van der Waals surface area contributed by atoms with Crippen LogP contribution < -0.4 is 39.8 Å². The van der Waals surface area contributed by atoms with Gasteiger partial charge in [-0.2, -0.15) is 0 Å². The van der Waals surface area contributed by atoms with Gasteiger partial charge in [0.25, 0.3) is 0 Å². The van der Waals surface area contributed by atoms with Crippen LogP contribution in [0.25, 0.3) is 0 Å². The van der Waals surface area contributed by atoms with Gasteiger partial charge in [-0.3, -0.25) is 0 Å². The summed E-state index contributed by atoms with van der Waals surface area (Å²) in [6, 6.07) is 0. The second-order valence-corrected chi connectivity index (χ2v) is 0.474. The van der Waals surface area contributed by atoms with Gasteiger partial charge in [-0.05, 0) is 6.16 Å². The molecule has 0 aromatic rings. The summed E-state index contributed by atoms with van der Waals surface area (Å²) >= 11 is 0. The molecule has 0 aromatic heterocycles. The van der Waals surface area contributed by atoms with Crippen LogP contribution in [0.2, 0.25) is 0 Å². The van der Waals surface area contributed by atoms with Crippen LogP contribution in [0.15, 0.2) is 0 Å². The maximum atomic E-state index is 8.33. The standard InChI is InChI=1S/CH2O3.Ca.NO3.Na/c2-1(3)4;;2-1(3)4;/h(H2,2,3,4);;;/q;+2;-1;+1/p-2. The van der Waals surface area contributed by atoms with Crippen LogP contribution in [0.4, 0.5) is 4.79 Å². The molecule has 0 aliphatic heterocycles. The average Bonchev–Trinajstić information content (AvgIpc) is 1.25. The zero-order valence-corrected chi connectivity index (χ0v) is 9.31. The molecule has 0 aliphatic carbocycles. The molecule has 7 nitrogen and oxygen atoms in total. The van der Waals surface area contributed by atoms with Gasteiger partial charge in [-0.1, -0.05) is 0 Å². The van der Waals surface area contributed by atoms with E-state index < -0.39 is 11.2 Å². The zero-order valence-electron chi connectivity index (χ0n) is 5.10. The Morgan fingerprint density at radius 2 is 1.20 bits per heavy atom. The van der Waals surface area contributed by atoms with E-state index in [1.165, 1.54) is 0 Å². The van der Waals surface area contributed by atoms with E-state index in [1.54, 1.807) is 0 Å². The molecule has 10 heavy (non-hydrogen) atoms. The Bertz CT molecular complexity index is 75.7. The molecule has 0 heterocycles. The molecular formula is CCaNNaO6. The van der Waals surface area contributed by atoms with Crippen molar-refractivity contribution >= 4 is 43.9 Å². The Labute approximate surface area is 107 Å². The summed E-state index contributed by atoms with van der Waals surface area (Å²) in [4.78, 5) is 16.6. The van der Waals surface area contributed by atoms with Crippen LogP contribution >= 0.6 is 0 Å². The van der Waals surface area contributed by atoms with Gasteiger partial charge in [0.05, 0.1) is 5.09 Å². The maximum Gasteiger partial charge on any atom is 2.00 e. The number of hydrogen-bond acceptors (Lipinski definition) is 6. The monoisotopic (exact) mass is 185 g/mol. The first kappa shape index (κ1) is 22.4. The predicted octanol–water partition coefficient (Wildman–Crippen LogP) is -6.06. The summed E-state index contributed by atoms with van der Waals surface area (Å²) in [6.07, 6.45) is -2.33. The van der Waals surface area contributed by atoms with Gasteiger partial charge in [0.2, 0.25) is 0 Å². The van der Waals surface area contributed by atoms with Gasteiger partial charge in [-0.25, -0.2) is 0 Å². The van der Waals surface area contributed by atoms with Crippen molar-refractivity contribution in [2.24, 2.45) is 0 Å². The Hall–Kier alpha value is 0.730. The number of carboxylic acid groups (broad SMARTS) is 2. The third-order valence-corrected chi connectivity index (χ3v) is 0. The van der Waals surface area contributed by atoms with Crippen molar-refractivity contribution in [3.8, 4) is 0 Å². The number of carbonyl (C=O) groups excluding carboxylic acids is 1. The maximum absolute atomic E-state index is 8.33. The van der Waals surface area contributed by atoms with Gasteiger partial charge < -0.3 is 30.3 Å². The average molecular weight is 185 g/mol. The molecule has 0 N–H and O–H groups in total. The Balaban J connectivity index is -0.0000000300.